The number of benzene rings is 1. The molecule has 0 radical (unpaired) electrons. The van der Waals surface area contributed by atoms with Crippen molar-refractivity contribution in [3.63, 3.8) is 0 Å². The van der Waals surface area contributed by atoms with Gasteiger partial charge >= 0.3 is 6.09 Å². The number of rotatable bonds is 3. The first kappa shape index (κ1) is 17.3. The van der Waals surface area contributed by atoms with Crippen molar-refractivity contribution in [3.8, 4) is 5.69 Å². The second-order valence-electron chi connectivity index (χ2n) is 6.89. The molecule has 0 aliphatic heterocycles. The van der Waals surface area contributed by atoms with Crippen LogP contribution in [-0.2, 0) is 10.3 Å². The number of hydrogen-bond donors (Lipinski definition) is 1. The van der Waals surface area contributed by atoms with E-state index >= 15 is 0 Å². The molecule has 0 bridgehead atoms. The van der Waals surface area contributed by atoms with Gasteiger partial charge in [0.05, 0.1) is 17.6 Å². The Morgan fingerprint density at radius 2 is 1.78 bits per heavy atom. The molecule has 2 rings (SSSR count). The van der Waals surface area contributed by atoms with E-state index in [1.54, 1.807) is 6.33 Å². The van der Waals surface area contributed by atoms with Crippen LogP contribution in [0, 0.1) is 0 Å². The number of carbonyl (C=O) groups is 1. The number of hydrogen-bond acceptors (Lipinski definition) is 3. The number of imidazole rings is 1. The van der Waals surface area contributed by atoms with Gasteiger partial charge in [-0.05, 0) is 58.9 Å². The average molecular weight is 336 g/mol. The Hall–Kier alpha value is -2.01. The molecule has 0 saturated heterocycles. The van der Waals surface area contributed by atoms with E-state index in [1.165, 1.54) is 0 Å². The van der Waals surface area contributed by atoms with Crippen molar-refractivity contribution in [2.75, 3.05) is 0 Å². The first-order valence-electron chi connectivity index (χ1n) is 7.38. The summed E-state index contributed by atoms with van der Waals surface area (Å²) in [6.45, 7) is 9.25. The molecule has 0 aliphatic rings. The highest BCUT2D eigenvalue weighted by molar-refractivity contribution is 6.30. The number of alkyl carbamates (subject to hydrolysis) is 1. The van der Waals surface area contributed by atoms with Crippen molar-refractivity contribution in [2.24, 2.45) is 0 Å². The molecule has 2 aromatic rings. The molecule has 0 atom stereocenters. The third-order valence-electron chi connectivity index (χ3n) is 3.16. The number of carbonyl (C=O) groups excluding carboxylic acids is 1. The highest BCUT2D eigenvalue weighted by Crippen LogP contribution is 2.21. The van der Waals surface area contributed by atoms with E-state index in [9.17, 15) is 4.79 Å². The summed E-state index contributed by atoms with van der Waals surface area (Å²) >= 11 is 5.90. The van der Waals surface area contributed by atoms with Crippen LogP contribution < -0.4 is 5.32 Å². The zero-order chi connectivity index (χ0) is 17.3. The first-order valence-corrected chi connectivity index (χ1v) is 7.76. The standard InChI is InChI=1S/C17H22ClN3O2/c1-16(2,3)23-15(22)20-17(4,5)14-10-21(11-19-14)13-8-6-12(18)7-9-13/h6-11H,1-5H3,(H,20,22). The lowest BCUT2D eigenvalue weighted by molar-refractivity contribution is 0.0468. The minimum atomic E-state index is -0.653. The SMILES string of the molecule is CC(C)(C)OC(=O)NC(C)(C)c1cn(-c2ccc(Cl)cc2)cn1. The second kappa shape index (κ2) is 6.24. The normalized spacial score (nSPS) is 12.1. The van der Waals surface area contributed by atoms with Crippen molar-refractivity contribution >= 4 is 17.7 Å². The molecule has 6 heteroatoms. The Labute approximate surface area is 141 Å². The Kier molecular flexibility index (Phi) is 4.71. The maximum atomic E-state index is 12.0. The minimum Gasteiger partial charge on any atom is -0.444 e. The van der Waals surface area contributed by atoms with Gasteiger partial charge in [0.1, 0.15) is 5.60 Å². The summed E-state index contributed by atoms with van der Waals surface area (Å²) < 4.78 is 7.18. The monoisotopic (exact) mass is 335 g/mol. The maximum absolute atomic E-state index is 12.0. The third-order valence-corrected chi connectivity index (χ3v) is 3.41. The molecular formula is C17H22ClN3O2. The van der Waals surface area contributed by atoms with Gasteiger partial charge in [-0.25, -0.2) is 9.78 Å². The van der Waals surface area contributed by atoms with Gasteiger partial charge < -0.3 is 14.6 Å². The predicted octanol–water partition coefficient (Wildman–Crippen LogP) is 4.29. The van der Waals surface area contributed by atoms with Crippen molar-refractivity contribution in [1.29, 1.82) is 0 Å². The predicted molar refractivity (Wildman–Crippen MR) is 91.0 cm³/mol. The lowest BCUT2D eigenvalue weighted by Gasteiger charge is -2.27. The maximum Gasteiger partial charge on any atom is 0.408 e. The molecule has 1 heterocycles. The van der Waals surface area contributed by atoms with Crippen LogP contribution in [-0.4, -0.2) is 21.2 Å². The van der Waals surface area contributed by atoms with Crippen molar-refractivity contribution in [2.45, 2.75) is 45.8 Å². The van der Waals surface area contributed by atoms with Crippen LogP contribution in [0.2, 0.25) is 5.02 Å². The van der Waals surface area contributed by atoms with Crippen LogP contribution in [0.15, 0.2) is 36.8 Å². The van der Waals surface area contributed by atoms with Crippen LogP contribution >= 0.6 is 11.6 Å². The molecule has 5 nitrogen and oxygen atoms in total. The van der Waals surface area contributed by atoms with E-state index in [2.05, 4.69) is 10.3 Å². The average Bonchev–Trinajstić information content (AvgIpc) is 2.86. The fourth-order valence-electron chi connectivity index (χ4n) is 2.02. The summed E-state index contributed by atoms with van der Waals surface area (Å²) in [6.07, 6.45) is 3.11. The highest BCUT2D eigenvalue weighted by Gasteiger charge is 2.28. The van der Waals surface area contributed by atoms with Crippen molar-refractivity contribution in [1.82, 2.24) is 14.9 Å². The van der Waals surface area contributed by atoms with E-state index < -0.39 is 17.2 Å². The molecule has 0 saturated carbocycles. The fourth-order valence-corrected chi connectivity index (χ4v) is 2.15. The number of nitrogens with one attached hydrogen (secondary N) is 1. The highest BCUT2D eigenvalue weighted by atomic mass is 35.5. The van der Waals surface area contributed by atoms with Gasteiger partial charge in [-0.15, -0.1) is 0 Å². The molecular weight excluding hydrogens is 314 g/mol. The molecule has 0 fully saturated rings. The number of nitrogens with zero attached hydrogens (tertiary/aromatic N) is 2. The molecule has 1 amide bonds. The first-order chi connectivity index (χ1) is 10.6. The summed E-state index contributed by atoms with van der Waals surface area (Å²) in [5, 5.41) is 3.53. The van der Waals surface area contributed by atoms with Gasteiger partial charge in [-0.2, -0.15) is 0 Å². The van der Waals surface area contributed by atoms with Gasteiger partial charge in [0.25, 0.3) is 0 Å². The topological polar surface area (TPSA) is 56.1 Å². The summed E-state index contributed by atoms with van der Waals surface area (Å²) in [7, 11) is 0. The van der Waals surface area contributed by atoms with Gasteiger partial charge in [0.15, 0.2) is 0 Å². The largest absolute Gasteiger partial charge is 0.444 e. The Morgan fingerprint density at radius 3 is 2.35 bits per heavy atom. The van der Waals surface area contributed by atoms with Crippen molar-refractivity contribution < 1.29 is 9.53 Å². The van der Waals surface area contributed by atoms with E-state index in [0.29, 0.717) is 5.02 Å². The molecule has 1 aromatic heterocycles. The second-order valence-corrected chi connectivity index (χ2v) is 7.33. The number of halogens is 1. The summed E-state index contributed by atoms with van der Waals surface area (Å²) in [5.74, 6) is 0. The lowest BCUT2D eigenvalue weighted by atomic mass is 10.0. The zero-order valence-electron chi connectivity index (χ0n) is 14.1. The van der Waals surface area contributed by atoms with Crippen LogP contribution in [0.1, 0.15) is 40.3 Å². The summed E-state index contributed by atoms with van der Waals surface area (Å²) in [6, 6.07) is 7.45. The van der Waals surface area contributed by atoms with Crippen LogP contribution in [0.25, 0.3) is 5.69 Å². The number of amides is 1. The number of aromatic nitrogens is 2. The van der Waals surface area contributed by atoms with Crippen LogP contribution in [0.3, 0.4) is 0 Å². The van der Waals surface area contributed by atoms with E-state index in [1.807, 2.05) is 69.6 Å². The van der Waals surface area contributed by atoms with E-state index in [-0.39, 0.29) is 0 Å². The van der Waals surface area contributed by atoms with Gasteiger partial charge in [-0.3, -0.25) is 0 Å². The lowest BCUT2D eigenvalue weighted by Crippen LogP contribution is -2.44. The number of ether oxygens (including phenoxy) is 1. The minimum absolute atomic E-state index is 0.469. The molecule has 0 unspecified atom stereocenters. The molecule has 1 aromatic carbocycles. The van der Waals surface area contributed by atoms with Crippen LogP contribution in [0.4, 0.5) is 4.79 Å². The molecule has 1 N–H and O–H groups in total. The zero-order valence-corrected chi connectivity index (χ0v) is 14.8. The molecule has 124 valence electrons. The summed E-state index contributed by atoms with van der Waals surface area (Å²) in [4.78, 5) is 16.4. The van der Waals surface area contributed by atoms with Crippen molar-refractivity contribution in [3.05, 3.63) is 47.5 Å². The fraction of sp³-hybridized carbons (Fsp3) is 0.412. The Morgan fingerprint density at radius 1 is 1.17 bits per heavy atom. The van der Waals surface area contributed by atoms with E-state index in [0.717, 1.165) is 11.4 Å². The van der Waals surface area contributed by atoms with E-state index in [4.69, 9.17) is 16.3 Å². The smallest absolute Gasteiger partial charge is 0.408 e. The third kappa shape index (κ3) is 4.73. The Bertz CT molecular complexity index is 685. The molecule has 23 heavy (non-hydrogen) atoms. The quantitative estimate of drug-likeness (QED) is 0.910. The van der Waals surface area contributed by atoms with Gasteiger partial charge in [0.2, 0.25) is 0 Å². The van der Waals surface area contributed by atoms with Gasteiger partial charge in [-0.1, -0.05) is 11.6 Å². The van der Waals surface area contributed by atoms with Crippen LogP contribution in [0.5, 0.6) is 0 Å². The Balaban J connectivity index is 2.14. The molecule has 0 aliphatic carbocycles. The summed E-state index contributed by atoms with van der Waals surface area (Å²) in [5.41, 5.74) is 0.488. The molecule has 0 spiro atoms. The van der Waals surface area contributed by atoms with Gasteiger partial charge in [0, 0.05) is 16.9 Å².